The number of allylic oxidation sites excluding steroid dienone is 3. The molecule has 2 aliphatic rings. The molecule has 1 saturated heterocycles. The van der Waals surface area contributed by atoms with E-state index >= 15 is 0 Å². The first-order valence-corrected chi connectivity index (χ1v) is 12.4. The van der Waals surface area contributed by atoms with Gasteiger partial charge < -0.3 is 26.4 Å². The maximum Gasteiger partial charge on any atom is 0.225 e. The molecule has 3 unspecified atom stereocenters. The Kier molecular flexibility index (Phi) is 9.45. The molecule has 0 bridgehead atoms. The Morgan fingerprint density at radius 1 is 1.03 bits per heavy atom. The minimum atomic E-state index is -0.888. The number of hydrogen-bond acceptors (Lipinski definition) is 5. The van der Waals surface area contributed by atoms with Crippen molar-refractivity contribution < 1.29 is 14.7 Å². The van der Waals surface area contributed by atoms with E-state index in [9.17, 15) is 14.7 Å². The minimum Gasteiger partial charge on any atom is -0.391 e. The van der Waals surface area contributed by atoms with Crippen LogP contribution >= 0.6 is 0 Å². The van der Waals surface area contributed by atoms with E-state index in [0.29, 0.717) is 25.9 Å². The zero-order valence-electron chi connectivity index (χ0n) is 20.5. The van der Waals surface area contributed by atoms with Crippen LogP contribution in [0.2, 0.25) is 0 Å². The van der Waals surface area contributed by atoms with Crippen molar-refractivity contribution in [1.29, 1.82) is 0 Å². The quantitative estimate of drug-likeness (QED) is 0.514. The monoisotopic (exact) mass is 468 g/mol. The molecule has 7 nitrogen and oxygen atoms in total. The number of carbonyl (C=O) groups is 2. The molecule has 5 atom stereocenters. The topological polar surface area (TPSA) is 113 Å². The Bertz CT molecular complexity index is 873. The van der Waals surface area contributed by atoms with Crippen molar-refractivity contribution in [3.63, 3.8) is 0 Å². The highest BCUT2D eigenvalue weighted by atomic mass is 16.3. The van der Waals surface area contributed by atoms with Crippen LogP contribution in [0.4, 0.5) is 0 Å². The molecule has 0 saturated carbocycles. The van der Waals surface area contributed by atoms with Crippen LogP contribution in [0.3, 0.4) is 0 Å². The molecule has 1 fully saturated rings. The molecule has 0 radical (unpaired) electrons. The third kappa shape index (κ3) is 7.26. The summed E-state index contributed by atoms with van der Waals surface area (Å²) in [7, 11) is 0. The van der Waals surface area contributed by atoms with E-state index in [1.54, 1.807) is 4.90 Å². The van der Waals surface area contributed by atoms with E-state index in [-0.39, 0.29) is 42.8 Å². The Balaban J connectivity index is 1.49. The second-order valence-electron chi connectivity index (χ2n) is 9.88. The summed E-state index contributed by atoms with van der Waals surface area (Å²) in [6.45, 7) is 4.81. The lowest BCUT2D eigenvalue weighted by atomic mass is 9.94. The van der Waals surface area contributed by atoms with Gasteiger partial charge in [0.05, 0.1) is 12.5 Å². The summed E-state index contributed by atoms with van der Waals surface area (Å²) in [6, 6.07) is 8.99. The van der Waals surface area contributed by atoms with Gasteiger partial charge in [-0.2, -0.15) is 0 Å². The van der Waals surface area contributed by atoms with E-state index in [2.05, 4.69) is 6.08 Å². The van der Waals surface area contributed by atoms with Gasteiger partial charge in [-0.25, -0.2) is 0 Å². The van der Waals surface area contributed by atoms with Gasteiger partial charge >= 0.3 is 0 Å². The van der Waals surface area contributed by atoms with Crippen molar-refractivity contribution in [1.82, 2.24) is 9.80 Å². The van der Waals surface area contributed by atoms with E-state index in [0.717, 1.165) is 18.4 Å². The van der Waals surface area contributed by atoms with Crippen LogP contribution in [0, 0.1) is 0 Å². The Labute approximate surface area is 203 Å². The fourth-order valence-corrected chi connectivity index (χ4v) is 5.06. The van der Waals surface area contributed by atoms with Crippen LogP contribution in [0.25, 0.3) is 0 Å². The Morgan fingerprint density at radius 2 is 1.71 bits per heavy atom. The molecule has 186 valence electrons. The number of carbonyl (C=O) groups excluding carboxylic acids is 2. The van der Waals surface area contributed by atoms with Gasteiger partial charge in [-0.05, 0) is 45.1 Å². The van der Waals surface area contributed by atoms with Crippen LogP contribution in [-0.4, -0.2) is 70.1 Å². The lowest BCUT2D eigenvalue weighted by molar-refractivity contribution is -0.147. The highest BCUT2D eigenvalue weighted by Gasteiger charge is 2.35. The van der Waals surface area contributed by atoms with Gasteiger partial charge in [0, 0.05) is 43.7 Å². The number of nitrogens with two attached hydrogens (primary N) is 2. The van der Waals surface area contributed by atoms with Gasteiger partial charge in [0.25, 0.3) is 0 Å². The van der Waals surface area contributed by atoms with Crippen molar-refractivity contribution in [2.45, 2.75) is 82.6 Å². The first-order chi connectivity index (χ1) is 16.2. The Morgan fingerprint density at radius 3 is 2.32 bits per heavy atom. The van der Waals surface area contributed by atoms with E-state index in [1.807, 2.05) is 61.2 Å². The molecule has 1 aromatic rings. The normalized spacial score (nSPS) is 23.3. The van der Waals surface area contributed by atoms with Crippen LogP contribution in [0.1, 0.15) is 51.5 Å². The molecule has 1 aliphatic carbocycles. The summed E-state index contributed by atoms with van der Waals surface area (Å²) in [6.07, 6.45) is 8.74. The molecular weight excluding hydrogens is 428 g/mol. The second-order valence-corrected chi connectivity index (χ2v) is 9.88. The number of benzene rings is 1. The zero-order valence-corrected chi connectivity index (χ0v) is 20.5. The van der Waals surface area contributed by atoms with Crippen molar-refractivity contribution >= 4 is 11.8 Å². The summed E-state index contributed by atoms with van der Waals surface area (Å²) in [5.74, 6) is -0.0977. The number of amides is 2. The number of aliphatic hydroxyl groups excluding tert-OH is 1. The standard InChI is InChI=1S/C27H40N4O3/c1-19-17-30(26(33)16-25(32)24(29)14-22-11-7-4-8-12-22)18-20(2)31(19)27(34)15-23(28)13-21-9-5-3-6-10-21/h3-7,9-11,19-20,23-25,32H,8,12-18,28-29H2,1-2H3/t19-,20+,23?,24?,25?. The molecule has 5 N–H and O–H groups in total. The van der Waals surface area contributed by atoms with Gasteiger partial charge in [-0.1, -0.05) is 54.1 Å². The van der Waals surface area contributed by atoms with E-state index in [1.165, 1.54) is 5.57 Å². The third-order valence-electron chi connectivity index (χ3n) is 6.81. The van der Waals surface area contributed by atoms with E-state index < -0.39 is 12.1 Å². The molecule has 1 heterocycles. The maximum absolute atomic E-state index is 13.0. The van der Waals surface area contributed by atoms with Gasteiger partial charge in [0.1, 0.15) is 0 Å². The number of rotatable bonds is 9. The zero-order chi connectivity index (χ0) is 24.7. The van der Waals surface area contributed by atoms with Crippen molar-refractivity contribution in [2.75, 3.05) is 13.1 Å². The van der Waals surface area contributed by atoms with E-state index in [4.69, 9.17) is 11.5 Å². The molecule has 1 aromatic carbocycles. The molecule has 3 rings (SSSR count). The molecule has 0 aromatic heterocycles. The lowest BCUT2D eigenvalue weighted by Gasteiger charge is -2.45. The smallest absolute Gasteiger partial charge is 0.225 e. The second kappa shape index (κ2) is 12.3. The van der Waals surface area contributed by atoms with Gasteiger partial charge in [0.2, 0.25) is 11.8 Å². The van der Waals surface area contributed by atoms with Crippen LogP contribution in [0.15, 0.2) is 54.1 Å². The number of aliphatic hydroxyl groups is 1. The number of nitrogens with zero attached hydrogens (tertiary/aromatic N) is 2. The molecule has 34 heavy (non-hydrogen) atoms. The predicted octanol–water partition coefficient (Wildman–Crippen LogP) is 2.14. The highest BCUT2D eigenvalue weighted by Crippen LogP contribution is 2.21. The lowest BCUT2D eigenvalue weighted by Crippen LogP contribution is -2.60. The van der Waals surface area contributed by atoms with Crippen LogP contribution in [0.5, 0.6) is 0 Å². The molecule has 2 amide bonds. The summed E-state index contributed by atoms with van der Waals surface area (Å²) < 4.78 is 0. The summed E-state index contributed by atoms with van der Waals surface area (Å²) in [5.41, 5.74) is 14.8. The SMILES string of the molecule is C[C@@H]1CN(C(=O)CC(O)C(N)CC2=CC=CCC2)C[C@H](C)N1C(=O)CC(N)Cc1ccccc1. The van der Waals surface area contributed by atoms with Crippen LogP contribution in [-0.2, 0) is 16.0 Å². The molecule has 1 aliphatic heterocycles. The average Bonchev–Trinajstić information content (AvgIpc) is 2.79. The first kappa shape index (κ1) is 26.1. The molecular formula is C27H40N4O3. The van der Waals surface area contributed by atoms with Crippen molar-refractivity contribution in [2.24, 2.45) is 11.5 Å². The summed E-state index contributed by atoms with van der Waals surface area (Å²) in [4.78, 5) is 29.6. The number of hydrogen-bond donors (Lipinski definition) is 3. The van der Waals surface area contributed by atoms with Gasteiger partial charge in [0.15, 0.2) is 0 Å². The van der Waals surface area contributed by atoms with Crippen molar-refractivity contribution in [3.8, 4) is 0 Å². The van der Waals surface area contributed by atoms with Crippen LogP contribution < -0.4 is 11.5 Å². The van der Waals surface area contributed by atoms with Gasteiger partial charge in [-0.3, -0.25) is 9.59 Å². The predicted molar refractivity (Wildman–Crippen MR) is 135 cm³/mol. The number of piperazine rings is 1. The maximum atomic E-state index is 13.0. The summed E-state index contributed by atoms with van der Waals surface area (Å²) in [5, 5.41) is 10.5. The molecule has 0 spiro atoms. The fourth-order valence-electron chi connectivity index (χ4n) is 5.06. The Hall–Kier alpha value is -2.48. The average molecular weight is 469 g/mol. The first-order valence-electron chi connectivity index (χ1n) is 12.4. The fraction of sp³-hybridized carbons (Fsp3) is 0.556. The summed E-state index contributed by atoms with van der Waals surface area (Å²) >= 11 is 0. The van der Waals surface area contributed by atoms with Gasteiger partial charge in [-0.15, -0.1) is 0 Å². The third-order valence-corrected chi connectivity index (χ3v) is 6.81. The van der Waals surface area contributed by atoms with Crippen molar-refractivity contribution in [3.05, 3.63) is 59.7 Å². The largest absolute Gasteiger partial charge is 0.391 e. The minimum absolute atomic E-state index is 0.000375. The molecule has 7 heteroatoms. The highest BCUT2D eigenvalue weighted by molar-refractivity contribution is 5.80.